The second-order valence-electron chi connectivity index (χ2n) is 6.35. The van der Waals surface area contributed by atoms with E-state index in [2.05, 4.69) is 26.9 Å². The maximum absolute atomic E-state index is 6.35. The number of rotatable bonds is 5. The van der Waals surface area contributed by atoms with Gasteiger partial charge in [0.05, 0.1) is 5.02 Å². The first-order valence-electron chi connectivity index (χ1n) is 8.44. The summed E-state index contributed by atoms with van der Waals surface area (Å²) < 4.78 is 5.67. The number of hydrogen-bond donors (Lipinski definition) is 0. The lowest BCUT2D eigenvalue weighted by Crippen LogP contribution is -2.27. The Balaban J connectivity index is 1.89. The van der Waals surface area contributed by atoms with Crippen LogP contribution < -0.4 is 4.90 Å². The molecule has 7 heteroatoms. The average molecular weight is 377 g/mol. The fraction of sp³-hybridized carbons (Fsp3) is 0.389. The molecule has 5 nitrogen and oxygen atoms in total. The predicted molar refractivity (Wildman–Crippen MR) is 100 cm³/mol. The number of fused-ring (bicyclic) bond motifs is 1. The number of halogens is 2. The van der Waals surface area contributed by atoms with Crippen LogP contribution in [0.25, 0.3) is 22.4 Å². The average Bonchev–Trinajstić information content (AvgIpc) is 3.33. The number of nitrogens with zero attached hydrogens (tertiary/aromatic N) is 4. The Kier molecular flexibility index (Phi) is 4.29. The van der Waals surface area contributed by atoms with E-state index in [1.54, 1.807) is 12.1 Å². The Hall–Kier alpha value is -1.85. The fourth-order valence-electron chi connectivity index (χ4n) is 3.07. The predicted octanol–water partition coefficient (Wildman–Crippen LogP) is 5.28. The van der Waals surface area contributed by atoms with E-state index in [9.17, 15) is 0 Å². The number of benzene rings is 1. The van der Waals surface area contributed by atoms with Crippen LogP contribution in [0.3, 0.4) is 0 Å². The van der Waals surface area contributed by atoms with E-state index in [0.29, 0.717) is 38.7 Å². The molecule has 0 amide bonds. The summed E-state index contributed by atoms with van der Waals surface area (Å²) in [6, 6.07) is 5.85. The lowest BCUT2D eigenvalue weighted by Gasteiger charge is -2.22. The summed E-state index contributed by atoms with van der Waals surface area (Å²) in [4.78, 5) is 11.5. The molecule has 1 aromatic carbocycles. The van der Waals surface area contributed by atoms with Crippen LogP contribution in [0.5, 0.6) is 0 Å². The molecule has 1 saturated carbocycles. The summed E-state index contributed by atoms with van der Waals surface area (Å²) in [5.41, 5.74) is 2.68. The number of aromatic nitrogens is 3. The second kappa shape index (κ2) is 6.46. The van der Waals surface area contributed by atoms with Gasteiger partial charge in [-0.05, 0) is 44.4 Å². The van der Waals surface area contributed by atoms with Gasteiger partial charge in [0.2, 0.25) is 5.58 Å². The molecule has 1 aliphatic rings. The highest BCUT2D eigenvalue weighted by Crippen LogP contribution is 2.39. The molecule has 0 aliphatic heterocycles. The van der Waals surface area contributed by atoms with Gasteiger partial charge in [0.15, 0.2) is 5.82 Å². The first kappa shape index (κ1) is 16.6. The minimum Gasteiger partial charge on any atom is -0.350 e. The summed E-state index contributed by atoms with van der Waals surface area (Å²) in [5, 5.41) is 5.35. The lowest BCUT2D eigenvalue weighted by atomic mass is 10.1. The van der Waals surface area contributed by atoms with Crippen molar-refractivity contribution in [3.05, 3.63) is 34.1 Å². The molecule has 1 fully saturated rings. The molecule has 0 N–H and O–H groups in total. The molecular formula is C18H18Cl2N4O. The summed E-state index contributed by atoms with van der Waals surface area (Å²) >= 11 is 12.4. The van der Waals surface area contributed by atoms with Crippen molar-refractivity contribution in [3.8, 4) is 11.3 Å². The molecule has 0 bridgehead atoms. The van der Waals surface area contributed by atoms with E-state index in [-0.39, 0.29) is 0 Å². The van der Waals surface area contributed by atoms with E-state index in [1.165, 1.54) is 12.8 Å². The first-order valence-corrected chi connectivity index (χ1v) is 9.20. The third kappa shape index (κ3) is 3.07. The molecule has 3 aromatic rings. The lowest BCUT2D eigenvalue weighted by molar-refractivity contribution is 0.457. The van der Waals surface area contributed by atoms with Crippen molar-refractivity contribution in [2.24, 2.45) is 0 Å². The zero-order valence-corrected chi connectivity index (χ0v) is 15.6. The summed E-state index contributed by atoms with van der Waals surface area (Å²) in [7, 11) is 0. The molecule has 25 heavy (non-hydrogen) atoms. The van der Waals surface area contributed by atoms with E-state index < -0.39 is 0 Å². The van der Waals surface area contributed by atoms with Crippen LogP contribution in [0.4, 0.5) is 5.82 Å². The van der Waals surface area contributed by atoms with E-state index in [1.807, 2.05) is 13.0 Å². The molecular weight excluding hydrogens is 359 g/mol. The van der Waals surface area contributed by atoms with Gasteiger partial charge in [0.1, 0.15) is 17.0 Å². The van der Waals surface area contributed by atoms with Gasteiger partial charge in [-0.15, -0.1) is 0 Å². The van der Waals surface area contributed by atoms with Crippen molar-refractivity contribution in [1.29, 1.82) is 0 Å². The van der Waals surface area contributed by atoms with Crippen LogP contribution >= 0.6 is 23.2 Å². The van der Waals surface area contributed by atoms with Crippen LogP contribution in [-0.2, 0) is 0 Å². The third-order valence-electron chi connectivity index (χ3n) is 4.32. The topological polar surface area (TPSA) is 55.1 Å². The van der Waals surface area contributed by atoms with Crippen molar-refractivity contribution in [2.75, 3.05) is 11.4 Å². The number of aryl methyl sites for hydroxylation is 1. The Bertz CT molecular complexity index is 936. The Morgan fingerprint density at radius 1 is 1.24 bits per heavy atom. The zero-order valence-electron chi connectivity index (χ0n) is 14.1. The largest absolute Gasteiger partial charge is 0.350 e. The van der Waals surface area contributed by atoms with Gasteiger partial charge in [0, 0.05) is 23.2 Å². The van der Waals surface area contributed by atoms with Crippen molar-refractivity contribution in [3.63, 3.8) is 0 Å². The number of anilines is 1. The van der Waals surface area contributed by atoms with Gasteiger partial charge in [-0.2, -0.15) is 0 Å². The quantitative estimate of drug-likeness (QED) is 0.606. The molecule has 0 unspecified atom stereocenters. The van der Waals surface area contributed by atoms with E-state index in [4.69, 9.17) is 27.7 Å². The SMILES string of the molecule is CCCN(c1nc(C)nc2c(-c3ccc(Cl)cc3Cl)noc12)C1CC1. The second-order valence-corrected chi connectivity index (χ2v) is 7.20. The summed E-state index contributed by atoms with van der Waals surface area (Å²) in [5.74, 6) is 1.52. The molecule has 4 rings (SSSR count). The van der Waals surface area contributed by atoms with Gasteiger partial charge in [-0.1, -0.05) is 35.3 Å². The Morgan fingerprint density at radius 2 is 2.04 bits per heavy atom. The van der Waals surface area contributed by atoms with Crippen LogP contribution in [0.1, 0.15) is 32.0 Å². The van der Waals surface area contributed by atoms with Crippen LogP contribution in [0.2, 0.25) is 10.0 Å². The van der Waals surface area contributed by atoms with Crippen molar-refractivity contribution in [1.82, 2.24) is 15.1 Å². The van der Waals surface area contributed by atoms with Gasteiger partial charge in [-0.3, -0.25) is 0 Å². The number of hydrogen-bond acceptors (Lipinski definition) is 5. The highest BCUT2D eigenvalue weighted by atomic mass is 35.5. The molecule has 0 spiro atoms. The van der Waals surface area contributed by atoms with Crippen LogP contribution in [-0.4, -0.2) is 27.7 Å². The smallest absolute Gasteiger partial charge is 0.228 e. The maximum Gasteiger partial charge on any atom is 0.228 e. The molecule has 130 valence electrons. The van der Waals surface area contributed by atoms with Crippen LogP contribution in [0, 0.1) is 6.92 Å². The minimum absolute atomic E-state index is 0.521. The highest BCUT2D eigenvalue weighted by molar-refractivity contribution is 6.36. The van der Waals surface area contributed by atoms with Crippen molar-refractivity contribution < 1.29 is 4.52 Å². The minimum atomic E-state index is 0.521. The summed E-state index contributed by atoms with van der Waals surface area (Å²) in [6.07, 6.45) is 3.42. The fourth-order valence-corrected chi connectivity index (χ4v) is 3.57. The molecule has 0 atom stereocenters. The van der Waals surface area contributed by atoms with Gasteiger partial charge >= 0.3 is 0 Å². The highest BCUT2D eigenvalue weighted by Gasteiger charge is 2.32. The van der Waals surface area contributed by atoms with Gasteiger partial charge in [0.25, 0.3) is 0 Å². The molecule has 0 saturated heterocycles. The first-order chi connectivity index (χ1) is 12.1. The normalized spacial score (nSPS) is 14.2. The Morgan fingerprint density at radius 3 is 2.72 bits per heavy atom. The van der Waals surface area contributed by atoms with Crippen molar-refractivity contribution >= 4 is 40.1 Å². The summed E-state index contributed by atoms with van der Waals surface area (Å²) in [6.45, 7) is 4.99. The van der Waals surface area contributed by atoms with Crippen molar-refractivity contribution in [2.45, 2.75) is 39.2 Å². The van der Waals surface area contributed by atoms with Crippen LogP contribution in [0.15, 0.2) is 22.7 Å². The van der Waals surface area contributed by atoms with E-state index >= 15 is 0 Å². The molecule has 2 aromatic heterocycles. The maximum atomic E-state index is 6.35. The molecule has 1 aliphatic carbocycles. The monoisotopic (exact) mass is 376 g/mol. The molecule has 0 radical (unpaired) electrons. The van der Waals surface area contributed by atoms with Gasteiger partial charge < -0.3 is 9.42 Å². The third-order valence-corrected chi connectivity index (χ3v) is 4.87. The molecule has 2 heterocycles. The Labute approximate surface area is 155 Å². The standard InChI is InChI=1S/C18H18Cl2N4O/c1-3-8-24(12-5-6-12)18-17-16(21-10(2)22-18)15(23-25-17)13-7-4-11(19)9-14(13)20/h4,7,9,12H,3,5-6,8H2,1-2H3. The zero-order chi connectivity index (χ0) is 17.6. The van der Waals surface area contributed by atoms with E-state index in [0.717, 1.165) is 24.3 Å². The van der Waals surface area contributed by atoms with Gasteiger partial charge in [-0.25, -0.2) is 9.97 Å².